The zero-order valence-corrected chi connectivity index (χ0v) is 17.6. The van der Waals surface area contributed by atoms with Gasteiger partial charge in [-0.2, -0.15) is 0 Å². The standard InChI is InChI=1S/C24H27N3O3/c1-16(23(25)29)14-18-6-9-19(10-7-18)21-15-27(2)24(26-21)20-11-4-17(5-12-20)8-13-22(28)30-3/h4-7,9-12,15-16H,8,13-14H2,1-3H3,(H2,25,29). The number of aromatic nitrogens is 2. The van der Waals surface area contributed by atoms with Crippen LogP contribution < -0.4 is 5.73 Å². The van der Waals surface area contributed by atoms with E-state index in [0.717, 1.165) is 33.8 Å². The van der Waals surface area contributed by atoms with E-state index in [-0.39, 0.29) is 17.8 Å². The summed E-state index contributed by atoms with van der Waals surface area (Å²) < 4.78 is 6.69. The molecule has 2 aromatic carbocycles. The van der Waals surface area contributed by atoms with E-state index in [1.165, 1.54) is 7.11 Å². The average molecular weight is 405 g/mol. The van der Waals surface area contributed by atoms with Crippen LogP contribution >= 0.6 is 0 Å². The van der Waals surface area contributed by atoms with E-state index in [4.69, 9.17) is 10.7 Å². The van der Waals surface area contributed by atoms with Crippen molar-refractivity contribution >= 4 is 11.9 Å². The van der Waals surface area contributed by atoms with Gasteiger partial charge in [0.25, 0.3) is 0 Å². The summed E-state index contributed by atoms with van der Waals surface area (Å²) in [6.07, 6.45) is 3.66. The molecule has 6 nitrogen and oxygen atoms in total. The van der Waals surface area contributed by atoms with Crippen molar-refractivity contribution in [2.75, 3.05) is 7.11 Å². The minimum atomic E-state index is -0.287. The second-order valence-corrected chi connectivity index (χ2v) is 7.54. The van der Waals surface area contributed by atoms with Gasteiger partial charge in [0.15, 0.2) is 0 Å². The lowest BCUT2D eigenvalue weighted by atomic mass is 9.99. The Labute approximate surface area is 176 Å². The minimum absolute atomic E-state index is 0.187. The Balaban J connectivity index is 1.73. The van der Waals surface area contributed by atoms with Crippen molar-refractivity contribution < 1.29 is 14.3 Å². The molecule has 0 aliphatic heterocycles. The largest absolute Gasteiger partial charge is 0.469 e. The van der Waals surface area contributed by atoms with E-state index in [1.807, 2.05) is 73.3 Å². The Morgan fingerprint density at radius 2 is 1.63 bits per heavy atom. The number of aryl methyl sites for hydroxylation is 2. The molecule has 156 valence electrons. The van der Waals surface area contributed by atoms with Gasteiger partial charge in [-0.3, -0.25) is 9.59 Å². The number of methoxy groups -OCH3 is 1. The van der Waals surface area contributed by atoms with Gasteiger partial charge in [0.2, 0.25) is 5.91 Å². The fourth-order valence-electron chi connectivity index (χ4n) is 3.31. The summed E-state index contributed by atoms with van der Waals surface area (Å²) in [6.45, 7) is 1.84. The fourth-order valence-corrected chi connectivity index (χ4v) is 3.31. The van der Waals surface area contributed by atoms with Crippen LogP contribution in [0.1, 0.15) is 24.5 Å². The molecule has 0 radical (unpaired) electrons. The quantitative estimate of drug-likeness (QED) is 0.581. The van der Waals surface area contributed by atoms with Crippen LogP contribution in [0, 0.1) is 5.92 Å². The van der Waals surface area contributed by atoms with Crippen LogP contribution in [0.3, 0.4) is 0 Å². The highest BCUT2D eigenvalue weighted by atomic mass is 16.5. The summed E-state index contributed by atoms with van der Waals surface area (Å²) in [5.74, 6) is 0.191. The van der Waals surface area contributed by atoms with Crippen molar-refractivity contribution in [2.24, 2.45) is 18.7 Å². The highest BCUT2D eigenvalue weighted by Gasteiger charge is 2.12. The molecule has 1 amide bonds. The first-order chi connectivity index (χ1) is 14.4. The molecule has 0 saturated heterocycles. The van der Waals surface area contributed by atoms with E-state index >= 15 is 0 Å². The van der Waals surface area contributed by atoms with Crippen LogP contribution in [0.25, 0.3) is 22.6 Å². The molecule has 0 bridgehead atoms. The predicted octanol–water partition coefficient (Wildman–Crippen LogP) is 3.52. The molecule has 0 saturated carbocycles. The van der Waals surface area contributed by atoms with Crippen LogP contribution in [0.5, 0.6) is 0 Å². The number of benzene rings is 2. The number of nitrogens with two attached hydrogens (primary N) is 1. The summed E-state index contributed by atoms with van der Waals surface area (Å²) in [4.78, 5) is 27.4. The van der Waals surface area contributed by atoms with Crippen LogP contribution in [-0.4, -0.2) is 28.5 Å². The second-order valence-electron chi connectivity index (χ2n) is 7.54. The first kappa shape index (κ1) is 21.3. The topological polar surface area (TPSA) is 87.2 Å². The van der Waals surface area contributed by atoms with E-state index in [9.17, 15) is 9.59 Å². The van der Waals surface area contributed by atoms with Gasteiger partial charge < -0.3 is 15.0 Å². The summed E-state index contributed by atoms with van der Waals surface area (Å²) in [5.41, 5.74) is 10.4. The molecule has 3 aromatic rings. The lowest BCUT2D eigenvalue weighted by Crippen LogP contribution is -2.22. The normalized spacial score (nSPS) is 11.8. The van der Waals surface area contributed by atoms with Gasteiger partial charge in [0, 0.05) is 36.7 Å². The molecule has 0 fully saturated rings. The Kier molecular flexibility index (Phi) is 6.67. The van der Waals surface area contributed by atoms with Crippen LogP contribution in [0.15, 0.2) is 54.7 Å². The maximum Gasteiger partial charge on any atom is 0.305 e. The Hall–Kier alpha value is -3.41. The van der Waals surface area contributed by atoms with Crippen LogP contribution in [-0.2, 0) is 34.2 Å². The fraction of sp³-hybridized carbons (Fsp3) is 0.292. The number of esters is 1. The third-order valence-electron chi connectivity index (χ3n) is 5.21. The van der Waals surface area contributed by atoms with E-state index in [0.29, 0.717) is 19.3 Å². The average Bonchev–Trinajstić information content (AvgIpc) is 3.14. The SMILES string of the molecule is COC(=O)CCc1ccc(-c2nc(-c3ccc(CC(C)C(N)=O)cc3)cn2C)cc1. The molecule has 3 rings (SSSR count). The van der Waals surface area contributed by atoms with Crippen molar-refractivity contribution in [3.05, 3.63) is 65.9 Å². The number of hydrogen-bond donors (Lipinski definition) is 1. The van der Waals surface area contributed by atoms with E-state index < -0.39 is 0 Å². The third-order valence-corrected chi connectivity index (χ3v) is 5.21. The van der Waals surface area contributed by atoms with Crippen LogP contribution in [0.2, 0.25) is 0 Å². The lowest BCUT2D eigenvalue weighted by Gasteiger charge is -2.07. The summed E-state index contributed by atoms with van der Waals surface area (Å²) in [6, 6.07) is 16.1. The highest BCUT2D eigenvalue weighted by Crippen LogP contribution is 2.25. The second kappa shape index (κ2) is 9.39. The number of ether oxygens (including phenoxy) is 1. The van der Waals surface area contributed by atoms with Gasteiger partial charge in [0.05, 0.1) is 12.8 Å². The van der Waals surface area contributed by atoms with E-state index in [2.05, 4.69) is 4.74 Å². The molecule has 2 N–H and O–H groups in total. The Morgan fingerprint density at radius 1 is 1.03 bits per heavy atom. The maximum atomic E-state index is 11.3. The Morgan fingerprint density at radius 3 is 2.23 bits per heavy atom. The third kappa shape index (κ3) is 5.14. The molecule has 1 heterocycles. The molecule has 0 aliphatic rings. The monoisotopic (exact) mass is 405 g/mol. The van der Waals surface area contributed by atoms with E-state index in [1.54, 1.807) is 0 Å². The Bertz CT molecular complexity index is 1020. The summed E-state index contributed by atoms with van der Waals surface area (Å²) >= 11 is 0. The van der Waals surface area contributed by atoms with Gasteiger partial charge in [-0.1, -0.05) is 55.5 Å². The molecule has 1 unspecified atom stereocenters. The van der Waals surface area contributed by atoms with Crippen molar-refractivity contribution in [2.45, 2.75) is 26.2 Å². The predicted molar refractivity (Wildman–Crippen MR) is 116 cm³/mol. The molecule has 6 heteroatoms. The van der Waals surface area contributed by atoms with Gasteiger partial charge in [0.1, 0.15) is 5.82 Å². The zero-order valence-electron chi connectivity index (χ0n) is 17.6. The first-order valence-corrected chi connectivity index (χ1v) is 9.95. The van der Waals surface area contributed by atoms with Crippen molar-refractivity contribution in [3.63, 3.8) is 0 Å². The molecule has 1 aromatic heterocycles. The number of amides is 1. The molecule has 0 aliphatic carbocycles. The van der Waals surface area contributed by atoms with Crippen molar-refractivity contribution in [3.8, 4) is 22.6 Å². The van der Waals surface area contributed by atoms with Crippen molar-refractivity contribution in [1.29, 1.82) is 0 Å². The molecular weight excluding hydrogens is 378 g/mol. The summed E-state index contributed by atoms with van der Waals surface area (Å²) in [5, 5.41) is 0. The molecule has 30 heavy (non-hydrogen) atoms. The van der Waals surface area contributed by atoms with Gasteiger partial charge in [-0.15, -0.1) is 0 Å². The first-order valence-electron chi connectivity index (χ1n) is 9.95. The molecule has 0 spiro atoms. The number of carbonyl (C=O) groups excluding carboxylic acids is 2. The summed E-state index contributed by atoms with van der Waals surface area (Å²) in [7, 11) is 3.37. The number of rotatable bonds is 8. The lowest BCUT2D eigenvalue weighted by molar-refractivity contribution is -0.140. The molecular formula is C24H27N3O3. The number of hydrogen-bond acceptors (Lipinski definition) is 4. The number of nitrogens with zero attached hydrogens (tertiary/aromatic N) is 2. The van der Waals surface area contributed by atoms with Gasteiger partial charge in [-0.25, -0.2) is 4.98 Å². The van der Waals surface area contributed by atoms with Gasteiger partial charge >= 0.3 is 5.97 Å². The van der Waals surface area contributed by atoms with Crippen molar-refractivity contribution in [1.82, 2.24) is 9.55 Å². The van der Waals surface area contributed by atoms with Gasteiger partial charge in [-0.05, 0) is 24.0 Å². The number of primary amides is 1. The zero-order chi connectivity index (χ0) is 21.7. The number of imidazole rings is 1. The smallest absolute Gasteiger partial charge is 0.305 e. The number of carbonyl (C=O) groups is 2. The minimum Gasteiger partial charge on any atom is -0.469 e. The highest BCUT2D eigenvalue weighted by molar-refractivity contribution is 5.76. The molecule has 1 atom stereocenters. The van der Waals surface area contributed by atoms with Crippen LogP contribution in [0.4, 0.5) is 0 Å². The maximum absolute atomic E-state index is 11.3.